The van der Waals surface area contributed by atoms with Crippen LogP contribution in [-0.4, -0.2) is 15.7 Å². The zero-order chi connectivity index (χ0) is 24.9. The molecule has 0 bridgehead atoms. The molecule has 0 radical (unpaired) electrons. The highest BCUT2D eigenvalue weighted by Gasteiger charge is 2.17. The normalized spacial score (nSPS) is 10.9. The lowest BCUT2D eigenvalue weighted by molar-refractivity contribution is 0.102. The van der Waals surface area contributed by atoms with Gasteiger partial charge in [-0.25, -0.2) is 0 Å². The summed E-state index contributed by atoms with van der Waals surface area (Å²) in [6.45, 7) is 6.68. The number of anilines is 1. The quantitative estimate of drug-likeness (QED) is 0.273. The van der Waals surface area contributed by atoms with Crippen molar-refractivity contribution in [3.8, 4) is 5.75 Å². The van der Waals surface area contributed by atoms with Gasteiger partial charge in [-0.3, -0.25) is 9.48 Å². The summed E-state index contributed by atoms with van der Waals surface area (Å²) < 4.78 is 7.69. The van der Waals surface area contributed by atoms with E-state index in [9.17, 15) is 4.79 Å². The Labute approximate surface area is 215 Å². The van der Waals surface area contributed by atoms with Gasteiger partial charge >= 0.3 is 0 Å². The minimum atomic E-state index is -0.208. The number of rotatable bonds is 8. The SMILES string of the molecule is CCc1ccc(OCc2cccc(C(=O)Nc3c(C)nn(Cc4c(Cl)cccc4Cl)c3C)c2)cc1. The molecular formula is C28H27Cl2N3O2. The maximum absolute atomic E-state index is 13.1. The first kappa shape index (κ1) is 24.8. The number of hydrogen-bond donors (Lipinski definition) is 1. The molecule has 0 unspecified atom stereocenters. The molecule has 35 heavy (non-hydrogen) atoms. The zero-order valence-electron chi connectivity index (χ0n) is 19.9. The van der Waals surface area contributed by atoms with Crippen molar-refractivity contribution in [3.05, 3.63) is 110 Å². The molecule has 1 heterocycles. The van der Waals surface area contributed by atoms with Crippen molar-refractivity contribution in [2.24, 2.45) is 0 Å². The third-order valence-corrected chi connectivity index (χ3v) is 6.62. The van der Waals surface area contributed by atoms with Gasteiger partial charge < -0.3 is 10.1 Å². The number of hydrogen-bond acceptors (Lipinski definition) is 3. The molecule has 1 N–H and O–H groups in total. The summed E-state index contributed by atoms with van der Waals surface area (Å²) in [6.07, 6.45) is 0.989. The Morgan fingerprint density at radius 2 is 1.66 bits per heavy atom. The van der Waals surface area contributed by atoms with Crippen LogP contribution in [0, 0.1) is 13.8 Å². The van der Waals surface area contributed by atoms with E-state index in [4.69, 9.17) is 27.9 Å². The molecule has 0 saturated heterocycles. The summed E-state index contributed by atoms with van der Waals surface area (Å²) in [4.78, 5) is 13.1. The predicted molar refractivity (Wildman–Crippen MR) is 142 cm³/mol. The van der Waals surface area contributed by atoms with Crippen LogP contribution in [-0.2, 0) is 19.6 Å². The highest BCUT2D eigenvalue weighted by Crippen LogP contribution is 2.28. The summed E-state index contributed by atoms with van der Waals surface area (Å²) in [5.41, 5.74) is 5.73. The fourth-order valence-electron chi connectivity index (χ4n) is 3.84. The van der Waals surface area contributed by atoms with E-state index in [1.165, 1.54) is 5.56 Å². The van der Waals surface area contributed by atoms with Crippen molar-refractivity contribution in [3.63, 3.8) is 0 Å². The minimum absolute atomic E-state index is 0.208. The highest BCUT2D eigenvalue weighted by atomic mass is 35.5. The van der Waals surface area contributed by atoms with Gasteiger partial charge in [0.25, 0.3) is 5.91 Å². The average molecular weight is 508 g/mol. The number of amides is 1. The van der Waals surface area contributed by atoms with Crippen molar-refractivity contribution in [2.75, 3.05) is 5.32 Å². The van der Waals surface area contributed by atoms with Crippen molar-refractivity contribution >= 4 is 34.8 Å². The molecule has 180 valence electrons. The van der Waals surface area contributed by atoms with Crippen LogP contribution in [0.1, 0.15) is 45.4 Å². The Morgan fingerprint density at radius 1 is 0.971 bits per heavy atom. The number of carbonyl (C=O) groups is 1. The van der Waals surface area contributed by atoms with Crippen LogP contribution >= 0.6 is 23.2 Å². The van der Waals surface area contributed by atoms with Crippen molar-refractivity contribution in [2.45, 2.75) is 40.3 Å². The van der Waals surface area contributed by atoms with E-state index in [1.54, 1.807) is 22.9 Å². The Morgan fingerprint density at radius 3 is 2.34 bits per heavy atom. The molecule has 0 aliphatic rings. The number of nitrogens with zero attached hydrogens (tertiary/aromatic N) is 2. The molecule has 0 aliphatic carbocycles. The van der Waals surface area contributed by atoms with Gasteiger partial charge in [0.15, 0.2) is 0 Å². The molecule has 5 nitrogen and oxygen atoms in total. The number of aromatic nitrogens is 2. The lowest BCUT2D eigenvalue weighted by Crippen LogP contribution is -2.14. The van der Waals surface area contributed by atoms with E-state index in [0.29, 0.717) is 40.1 Å². The number of carbonyl (C=O) groups excluding carboxylic acids is 1. The van der Waals surface area contributed by atoms with E-state index in [2.05, 4.69) is 29.5 Å². The molecule has 0 spiro atoms. The van der Waals surface area contributed by atoms with E-state index in [0.717, 1.165) is 29.0 Å². The maximum Gasteiger partial charge on any atom is 0.255 e. The second-order valence-electron chi connectivity index (χ2n) is 8.34. The summed E-state index contributed by atoms with van der Waals surface area (Å²) in [7, 11) is 0. The molecule has 0 aliphatic heterocycles. The molecule has 4 aromatic rings. The van der Waals surface area contributed by atoms with Gasteiger partial charge in [-0.1, -0.05) is 60.5 Å². The topological polar surface area (TPSA) is 56.1 Å². The van der Waals surface area contributed by atoms with E-state index >= 15 is 0 Å². The van der Waals surface area contributed by atoms with Crippen molar-refractivity contribution in [1.82, 2.24) is 9.78 Å². The van der Waals surface area contributed by atoms with Crippen LogP contribution in [0.5, 0.6) is 5.75 Å². The third-order valence-electron chi connectivity index (χ3n) is 5.92. The van der Waals surface area contributed by atoms with Crippen LogP contribution < -0.4 is 10.1 Å². The van der Waals surface area contributed by atoms with E-state index in [1.807, 2.05) is 50.2 Å². The standard InChI is InChI=1S/C28H27Cl2N3O2/c1-4-20-11-13-23(14-12-20)35-17-21-7-5-8-22(15-21)28(34)31-27-18(2)32-33(19(27)3)16-24-25(29)9-6-10-26(24)30/h5-15H,4,16-17H2,1-3H3,(H,31,34). The molecule has 0 atom stereocenters. The second kappa shape index (κ2) is 11.0. The second-order valence-corrected chi connectivity index (χ2v) is 9.16. The lowest BCUT2D eigenvalue weighted by Gasteiger charge is -2.11. The molecular weight excluding hydrogens is 481 g/mol. The van der Waals surface area contributed by atoms with Gasteiger partial charge in [-0.05, 0) is 67.8 Å². The smallest absolute Gasteiger partial charge is 0.255 e. The molecule has 1 aromatic heterocycles. The highest BCUT2D eigenvalue weighted by molar-refractivity contribution is 6.36. The lowest BCUT2D eigenvalue weighted by atomic mass is 10.1. The first-order chi connectivity index (χ1) is 16.9. The molecule has 0 fully saturated rings. The Kier molecular flexibility index (Phi) is 7.79. The Balaban J connectivity index is 1.46. The minimum Gasteiger partial charge on any atom is -0.489 e. The molecule has 7 heteroatoms. The summed E-state index contributed by atoms with van der Waals surface area (Å²) in [5, 5.41) is 8.77. The first-order valence-corrected chi connectivity index (χ1v) is 12.2. The number of benzene rings is 3. The predicted octanol–water partition coefficient (Wildman–Crippen LogP) is 7.25. The monoisotopic (exact) mass is 507 g/mol. The first-order valence-electron chi connectivity index (χ1n) is 11.4. The molecule has 4 rings (SSSR count). The Bertz CT molecular complexity index is 1330. The third kappa shape index (κ3) is 5.87. The number of aryl methyl sites for hydroxylation is 2. The maximum atomic E-state index is 13.1. The zero-order valence-corrected chi connectivity index (χ0v) is 21.5. The van der Waals surface area contributed by atoms with Gasteiger partial charge in [-0.15, -0.1) is 0 Å². The largest absolute Gasteiger partial charge is 0.489 e. The van der Waals surface area contributed by atoms with Crippen LogP contribution in [0.25, 0.3) is 0 Å². The van der Waals surface area contributed by atoms with Gasteiger partial charge in [0.2, 0.25) is 0 Å². The van der Waals surface area contributed by atoms with E-state index < -0.39 is 0 Å². The average Bonchev–Trinajstić information content (AvgIpc) is 3.12. The van der Waals surface area contributed by atoms with Crippen LogP contribution in [0.2, 0.25) is 10.0 Å². The Hall–Kier alpha value is -3.28. The summed E-state index contributed by atoms with van der Waals surface area (Å²) in [5.74, 6) is 0.593. The van der Waals surface area contributed by atoms with Gasteiger partial charge in [0, 0.05) is 21.2 Å². The van der Waals surface area contributed by atoms with Gasteiger partial charge in [-0.2, -0.15) is 5.10 Å². The van der Waals surface area contributed by atoms with E-state index in [-0.39, 0.29) is 5.91 Å². The van der Waals surface area contributed by atoms with Crippen molar-refractivity contribution in [1.29, 1.82) is 0 Å². The fraction of sp³-hybridized carbons (Fsp3) is 0.214. The van der Waals surface area contributed by atoms with Crippen LogP contribution in [0.4, 0.5) is 5.69 Å². The van der Waals surface area contributed by atoms with Crippen LogP contribution in [0.15, 0.2) is 66.7 Å². The number of halogens is 2. The molecule has 1 amide bonds. The van der Waals surface area contributed by atoms with Crippen molar-refractivity contribution < 1.29 is 9.53 Å². The number of ether oxygens (including phenoxy) is 1. The van der Waals surface area contributed by atoms with Gasteiger partial charge in [0.1, 0.15) is 12.4 Å². The summed E-state index contributed by atoms with van der Waals surface area (Å²) >= 11 is 12.7. The van der Waals surface area contributed by atoms with Crippen LogP contribution in [0.3, 0.4) is 0 Å². The summed E-state index contributed by atoms with van der Waals surface area (Å²) in [6, 6.07) is 20.9. The number of nitrogens with one attached hydrogen (secondary N) is 1. The fourth-order valence-corrected chi connectivity index (χ4v) is 4.36. The van der Waals surface area contributed by atoms with Gasteiger partial charge in [0.05, 0.1) is 23.6 Å². The molecule has 3 aromatic carbocycles. The molecule has 0 saturated carbocycles.